The Hall–Kier alpha value is -3.55. The molecule has 0 aliphatic carbocycles. The average Bonchev–Trinajstić information content (AvgIpc) is 3.29. The van der Waals surface area contributed by atoms with Crippen LogP contribution in [0.2, 0.25) is 0 Å². The van der Waals surface area contributed by atoms with Crippen LogP contribution >= 0.6 is 12.2 Å². The normalized spacial score (nSPS) is 14.3. The topological polar surface area (TPSA) is 57.2 Å². The van der Waals surface area contributed by atoms with E-state index < -0.39 is 0 Å². The van der Waals surface area contributed by atoms with Crippen molar-refractivity contribution >= 4 is 18.1 Å². The summed E-state index contributed by atoms with van der Waals surface area (Å²) in [6.07, 6.45) is 0.396. The molecule has 0 saturated carbocycles. The fraction of sp³-hybridized carbons (Fsp3) is 0.276. The lowest BCUT2D eigenvalue weighted by molar-refractivity contribution is -0.133. The lowest BCUT2D eigenvalue weighted by atomic mass is 9.96. The van der Waals surface area contributed by atoms with Gasteiger partial charge < -0.3 is 4.90 Å². The Kier molecular flexibility index (Phi) is 7.39. The Morgan fingerprint density at radius 2 is 1.47 bits per heavy atom. The van der Waals surface area contributed by atoms with E-state index in [4.69, 9.17) is 12.2 Å². The van der Waals surface area contributed by atoms with Gasteiger partial charge in [-0.3, -0.25) is 19.4 Å². The summed E-state index contributed by atoms with van der Waals surface area (Å²) in [5, 5.41) is 7.29. The summed E-state index contributed by atoms with van der Waals surface area (Å²) in [6.45, 7) is 5.67. The van der Waals surface area contributed by atoms with Crippen molar-refractivity contribution < 1.29 is 4.79 Å². The molecule has 0 radical (unpaired) electrons. The van der Waals surface area contributed by atoms with Crippen LogP contribution in [0.15, 0.2) is 84.9 Å². The van der Waals surface area contributed by atoms with Gasteiger partial charge in [-0.15, -0.1) is 0 Å². The molecule has 2 heterocycles. The zero-order valence-corrected chi connectivity index (χ0v) is 21.3. The molecular formula is C29H31N5OS. The monoisotopic (exact) mass is 497 g/mol. The van der Waals surface area contributed by atoms with Crippen molar-refractivity contribution in [3.63, 3.8) is 0 Å². The molecule has 0 bridgehead atoms. The molecule has 1 saturated heterocycles. The third-order valence-corrected chi connectivity index (χ3v) is 7.19. The van der Waals surface area contributed by atoms with Crippen LogP contribution in [0.1, 0.15) is 29.2 Å². The first-order valence-corrected chi connectivity index (χ1v) is 12.8. The van der Waals surface area contributed by atoms with Crippen molar-refractivity contribution in [3.05, 3.63) is 106 Å². The van der Waals surface area contributed by atoms with Gasteiger partial charge in [0.25, 0.3) is 0 Å². The fourth-order valence-corrected chi connectivity index (χ4v) is 5.15. The minimum Gasteiger partial charge on any atom is -0.340 e. The van der Waals surface area contributed by atoms with E-state index in [0.29, 0.717) is 17.7 Å². The van der Waals surface area contributed by atoms with E-state index in [1.54, 1.807) is 0 Å². The number of aromatic nitrogens is 3. The van der Waals surface area contributed by atoms with Gasteiger partial charge in [0.15, 0.2) is 10.6 Å². The summed E-state index contributed by atoms with van der Waals surface area (Å²) < 4.78 is 2.46. The summed E-state index contributed by atoms with van der Waals surface area (Å²) in [4.78, 5) is 17.6. The molecule has 0 unspecified atom stereocenters. The minimum atomic E-state index is 0.156. The Bertz CT molecular complexity index is 1300. The molecule has 0 spiro atoms. The number of carbonyl (C=O) groups excluding carboxylic acids is 1. The standard InChI is InChI=1S/C29H31N5OS/c1-22-12-14-25(15-13-22)28-30-31-29(36)34(28)17-16-26(35)32-18-20-33(21-19-32)27(23-8-4-2-5-9-23)24-10-6-3-7-11-24/h2-15,27H,16-21H2,1H3,(H,31,36). The van der Waals surface area contributed by atoms with Crippen LogP contribution in [0.25, 0.3) is 11.4 Å². The maximum atomic E-state index is 13.1. The van der Waals surface area contributed by atoms with Gasteiger partial charge >= 0.3 is 0 Å². The highest BCUT2D eigenvalue weighted by molar-refractivity contribution is 7.71. The largest absolute Gasteiger partial charge is 0.340 e. The number of rotatable bonds is 7. The molecule has 6 nitrogen and oxygen atoms in total. The molecule has 1 amide bonds. The number of aromatic amines is 1. The number of piperazine rings is 1. The van der Waals surface area contributed by atoms with Crippen molar-refractivity contribution in [1.29, 1.82) is 0 Å². The van der Waals surface area contributed by atoms with Crippen LogP contribution in [0.5, 0.6) is 0 Å². The fourth-order valence-electron chi connectivity index (χ4n) is 4.93. The Morgan fingerprint density at radius 1 is 0.889 bits per heavy atom. The SMILES string of the molecule is Cc1ccc(-c2n[nH]c(=S)n2CCC(=O)N2CCN(C(c3ccccc3)c3ccccc3)CC2)cc1. The number of nitrogens with one attached hydrogen (secondary N) is 1. The van der Waals surface area contributed by atoms with E-state index in [1.807, 2.05) is 21.6 Å². The Balaban J connectivity index is 1.23. The summed E-state index contributed by atoms with van der Waals surface area (Å²) in [7, 11) is 0. The number of amides is 1. The lowest BCUT2D eigenvalue weighted by Gasteiger charge is -2.40. The van der Waals surface area contributed by atoms with E-state index in [2.05, 4.69) is 94.8 Å². The van der Waals surface area contributed by atoms with Crippen molar-refractivity contribution in [2.45, 2.75) is 25.9 Å². The third kappa shape index (κ3) is 5.32. The van der Waals surface area contributed by atoms with Gasteiger partial charge in [-0.1, -0.05) is 90.5 Å². The summed E-state index contributed by atoms with van der Waals surface area (Å²) >= 11 is 5.46. The molecule has 7 heteroatoms. The first kappa shape index (κ1) is 24.2. The van der Waals surface area contributed by atoms with E-state index in [1.165, 1.54) is 16.7 Å². The van der Waals surface area contributed by atoms with Gasteiger partial charge in [0.05, 0.1) is 6.04 Å². The van der Waals surface area contributed by atoms with E-state index in [-0.39, 0.29) is 11.9 Å². The average molecular weight is 498 g/mol. The molecule has 1 fully saturated rings. The number of hydrogen-bond donors (Lipinski definition) is 1. The molecule has 5 rings (SSSR count). The van der Waals surface area contributed by atoms with Crippen molar-refractivity contribution in [2.24, 2.45) is 0 Å². The summed E-state index contributed by atoms with van der Waals surface area (Å²) in [5.41, 5.74) is 4.74. The lowest BCUT2D eigenvalue weighted by Crippen LogP contribution is -2.50. The zero-order chi connectivity index (χ0) is 24.9. The van der Waals surface area contributed by atoms with E-state index >= 15 is 0 Å². The molecule has 1 N–H and O–H groups in total. The van der Waals surface area contributed by atoms with Gasteiger partial charge in [0.1, 0.15) is 0 Å². The number of carbonyl (C=O) groups is 1. The van der Waals surface area contributed by atoms with Gasteiger partial charge in [-0.25, -0.2) is 0 Å². The number of hydrogen-bond acceptors (Lipinski definition) is 4. The maximum absolute atomic E-state index is 13.1. The molecule has 36 heavy (non-hydrogen) atoms. The van der Waals surface area contributed by atoms with Crippen LogP contribution in [-0.2, 0) is 11.3 Å². The minimum absolute atomic E-state index is 0.156. The number of aryl methyl sites for hydroxylation is 1. The first-order chi connectivity index (χ1) is 17.6. The smallest absolute Gasteiger partial charge is 0.224 e. The van der Waals surface area contributed by atoms with Crippen LogP contribution in [0.3, 0.4) is 0 Å². The van der Waals surface area contributed by atoms with Gasteiger partial charge in [0, 0.05) is 44.7 Å². The predicted molar refractivity (Wildman–Crippen MR) is 145 cm³/mol. The Labute approximate surface area is 217 Å². The number of nitrogens with zero attached hydrogens (tertiary/aromatic N) is 4. The second kappa shape index (κ2) is 11.0. The summed E-state index contributed by atoms with van der Waals surface area (Å²) in [6, 6.07) is 29.6. The summed E-state index contributed by atoms with van der Waals surface area (Å²) in [5.74, 6) is 0.926. The van der Waals surface area contributed by atoms with Crippen LogP contribution in [0.4, 0.5) is 0 Å². The van der Waals surface area contributed by atoms with Crippen LogP contribution < -0.4 is 0 Å². The van der Waals surface area contributed by atoms with Crippen molar-refractivity contribution in [2.75, 3.05) is 26.2 Å². The molecule has 1 aromatic heterocycles. The molecular weight excluding hydrogens is 466 g/mol. The van der Waals surface area contributed by atoms with Gasteiger partial charge in [-0.05, 0) is 30.3 Å². The third-order valence-electron chi connectivity index (χ3n) is 6.88. The molecule has 4 aromatic rings. The highest BCUT2D eigenvalue weighted by Gasteiger charge is 2.28. The second-order valence-electron chi connectivity index (χ2n) is 9.26. The number of H-pyrrole nitrogens is 1. The van der Waals surface area contributed by atoms with Gasteiger partial charge in [-0.2, -0.15) is 5.10 Å². The van der Waals surface area contributed by atoms with Crippen LogP contribution in [-0.4, -0.2) is 56.7 Å². The van der Waals surface area contributed by atoms with E-state index in [9.17, 15) is 4.79 Å². The van der Waals surface area contributed by atoms with Crippen molar-refractivity contribution in [1.82, 2.24) is 24.6 Å². The molecule has 0 atom stereocenters. The predicted octanol–water partition coefficient (Wildman–Crippen LogP) is 5.24. The van der Waals surface area contributed by atoms with Crippen molar-refractivity contribution in [3.8, 4) is 11.4 Å². The molecule has 1 aliphatic heterocycles. The molecule has 1 aliphatic rings. The Morgan fingerprint density at radius 3 is 2.06 bits per heavy atom. The number of benzene rings is 3. The van der Waals surface area contributed by atoms with Crippen LogP contribution in [0, 0.1) is 11.7 Å². The maximum Gasteiger partial charge on any atom is 0.224 e. The molecule has 3 aromatic carbocycles. The van der Waals surface area contributed by atoms with Gasteiger partial charge in [0.2, 0.25) is 5.91 Å². The first-order valence-electron chi connectivity index (χ1n) is 12.4. The zero-order valence-electron chi connectivity index (χ0n) is 20.5. The van der Waals surface area contributed by atoms with E-state index in [0.717, 1.165) is 37.6 Å². The quantitative estimate of drug-likeness (QED) is 0.355. The second-order valence-corrected chi connectivity index (χ2v) is 9.65. The highest BCUT2D eigenvalue weighted by atomic mass is 32.1. The molecule has 184 valence electrons. The highest BCUT2D eigenvalue weighted by Crippen LogP contribution is 2.29.